The molecule has 0 spiro atoms. The number of anilines is 1. The average molecular weight is 387 g/mol. The molecule has 0 aliphatic carbocycles. The molecule has 2 heterocycles. The van der Waals surface area contributed by atoms with Crippen LogP contribution in [0, 0.1) is 5.92 Å². The lowest BCUT2D eigenvalue weighted by Gasteiger charge is -2.34. The fourth-order valence-electron chi connectivity index (χ4n) is 4.00. The largest absolute Gasteiger partial charge is 0.324 e. The minimum atomic E-state index is -0.255. The number of benzene rings is 2. The van der Waals surface area contributed by atoms with Gasteiger partial charge in [0.2, 0.25) is 5.91 Å². The van der Waals surface area contributed by atoms with Crippen LogP contribution in [0.4, 0.5) is 5.69 Å². The van der Waals surface area contributed by atoms with Crippen molar-refractivity contribution >= 4 is 28.3 Å². The zero-order valence-electron chi connectivity index (χ0n) is 16.5. The molecule has 1 amide bonds. The second-order valence-corrected chi connectivity index (χ2v) is 7.58. The predicted molar refractivity (Wildman–Crippen MR) is 115 cm³/mol. The Morgan fingerprint density at radius 3 is 2.52 bits per heavy atom. The maximum atomic E-state index is 12.9. The van der Waals surface area contributed by atoms with E-state index >= 15 is 0 Å². The van der Waals surface area contributed by atoms with Gasteiger partial charge in [0, 0.05) is 23.1 Å². The van der Waals surface area contributed by atoms with Crippen molar-refractivity contribution in [2.45, 2.75) is 25.8 Å². The second kappa shape index (κ2) is 8.53. The number of nitrogens with zero attached hydrogens (tertiary/aromatic N) is 2. The van der Waals surface area contributed by atoms with Crippen LogP contribution < -0.4 is 5.32 Å². The highest BCUT2D eigenvalue weighted by Gasteiger charge is 2.30. The van der Waals surface area contributed by atoms with Crippen molar-refractivity contribution in [3.63, 3.8) is 0 Å². The molecule has 0 saturated carbocycles. The average Bonchev–Trinajstić information content (AvgIpc) is 2.79. The van der Waals surface area contributed by atoms with Gasteiger partial charge in [-0.3, -0.25) is 19.5 Å². The molecule has 4 rings (SSSR count). The van der Waals surface area contributed by atoms with Crippen LogP contribution in [-0.4, -0.2) is 40.7 Å². The highest BCUT2D eigenvalue weighted by molar-refractivity contribution is 6.02. The number of piperidine rings is 1. The lowest BCUT2D eigenvalue weighted by Crippen LogP contribution is -2.47. The molecule has 1 unspecified atom stereocenters. The number of amides is 1. The number of likely N-dealkylation sites (tertiary alicyclic amines) is 1. The fraction of sp³-hybridized carbons (Fsp3) is 0.292. The van der Waals surface area contributed by atoms with E-state index < -0.39 is 0 Å². The highest BCUT2D eigenvalue weighted by atomic mass is 16.2. The molecule has 0 radical (unpaired) electrons. The number of hydrogen-bond acceptors (Lipinski definition) is 4. The SMILES string of the molecule is CC(C(=O)Nc1cccc2ncccc12)N1CCC(C(=O)c2ccccc2)CC1. The summed E-state index contributed by atoms with van der Waals surface area (Å²) in [6.45, 7) is 3.42. The summed E-state index contributed by atoms with van der Waals surface area (Å²) in [4.78, 5) is 32.0. The summed E-state index contributed by atoms with van der Waals surface area (Å²) in [5, 5.41) is 3.99. The zero-order chi connectivity index (χ0) is 20.2. The van der Waals surface area contributed by atoms with Crippen molar-refractivity contribution in [1.82, 2.24) is 9.88 Å². The summed E-state index contributed by atoms with van der Waals surface area (Å²) in [6.07, 6.45) is 3.31. The number of carbonyl (C=O) groups is 2. The van der Waals surface area contributed by atoms with Crippen molar-refractivity contribution in [2.75, 3.05) is 18.4 Å². The number of carbonyl (C=O) groups excluding carboxylic acids is 2. The molecular formula is C24H25N3O2. The summed E-state index contributed by atoms with van der Waals surface area (Å²) in [5.74, 6) is 0.216. The van der Waals surface area contributed by atoms with Gasteiger partial charge in [0.15, 0.2) is 5.78 Å². The Balaban J connectivity index is 1.37. The Morgan fingerprint density at radius 2 is 1.76 bits per heavy atom. The van der Waals surface area contributed by atoms with Crippen LogP contribution in [0.1, 0.15) is 30.1 Å². The molecule has 5 heteroatoms. The third-order valence-corrected chi connectivity index (χ3v) is 5.79. The molecule has 2 aromatic carbocycles. The van der Waals surface area contributed by atoms with Crippen molar-refractivity contribution in [2.24, 2.45) is 5.92 Å². The van der Waals surface area contributed by atoms with Gasteiger partial charge in [-0.2, -0.15) is 0 Å². The predicted octanol–water partition coefficient (Wildman–Crippen LogP) is 4.16. The van der Waals surface area contributed by atoms with Gasteiger partial charge in [0.25, 0.3) is 0 Å². The van der Waals surface area contributed by atoms with Gasteiger partial charge in [0.05, 0.1) is 17.2 Å². The first-order valence-electron chi connectivity index (χ1n) is 10.1. The number of pyridine rings is 1. The maximum Gasteiger partial charge on any atom is 0.241 e. The highest BCUT2D eigenvalue weighted by Crippen LogP contribution is 2.25. The topological polar surface area (TPSA) is 62.3 Å². The molecule has 148 valence electrons. The Labute approximate surface area is 170 Å². The van der Waals surface area contributed by atoms with Crippen LogP contribution in [0.2, 0.25) is 0 Å². The summed E-state index contributed by atoms with van der Waals surface area (Å²) < 4.78 is 0. The first kappa shape index (κ1) is 19.3. The number of nitrogens with one attached hydrogen (secondary N) is 1. The van der Waals surface area contributed by atoms with E-state index in [0.29, 0.717) is 0 Å². The first-order valence-corrected chi connectivity index (χ1v) is 10.1. The minimum Gasteiger partial charge on any atom is -0.324 e. The molecule has 5 nitrogen and oxygen atoms in total. The molecule has 29 heavy (non-hydrogen) atoms. The number of fused-ring (bicyclic) bond motifs is 1. The van der Waals surface area contributed by atoms with E-state index in [1.807, 2.05) is 67.6 Å². The molecular weight excluding hydrogens is 362 g/mol. The van der Waals surface area contributed by atoms with Crippen LogP contribution in [-0.2, 0) is 4.79 Å². The van der Waals surface area contributed by atoms with Gasteiger partial charge in [-0.1, -0.05) is 36.4 Å². The fourth-order valence-corrected chi connectivity index (χ4v) is 4.00. The number of ketones is 1. The zero-order valence-corrected chi connectivity index (χ0v) is 16.5. The van der Waals surface area contributed by atoms with E-state index in [1.54, 1.807) is 6.20 Å². The maximum absolute atomic E-state index is 12.9. The molecule has 1 aromatic heterocycles. The molecule has 1 aliphatic rings. The summed E-state index contributed by atoms with van der Waals surface area (Å²) in [6, 6.07) is 18.8. The monoisotopic (exact) mass is 387 g/mol. The number of aromatic nitrogens is 1. The van der Waals surface area contributed by atoms with E-state index in [2.05, 4.69) is 15.2 Å². The molecule has 1 saturated heterocycles. The first-order chi connectivity index (χ1) is 14.1. The minimum absolute atomic E-state index is 0.0332. The molecule has 3 aromatic rings. The van der Waals surface area contributed by atoms with Crippen LogP contribution >= 0.6 is 0 Å². The summed E-state index contributed by atoms with van der Waals surface area (Å²) in [7, 11) is 0. The van der Waals surface area contributed by atoms with E-state index in [0.717, 1.165) is 48.1 Å². The van der Waals surface area contributed by atoms with Crippen molar-refractivity contribution < 1.29 is 9.59 Å². The molecule has 0 bridgehead atoms. The van der Waals surface area contributed by atoms with Gasteiger partial charge in [-0.25, -0.2) is 0 Å². The van der Waals surface area contributed by atoms with E-state index in [-0.39, 0.29) is 23.7 Å². The van der Waals surface area contributed by atoms with Gasteiger partial charge in [0.1, 0.15) is 0 Å². The van der Waals surface area contributed by atoms with Crippen molar-refractivity contribution in [3.05, 3.63) is 72.4 Å². The smallest absolute Gasteiger partial charge is 0.241 e. The van der Waals surface area contributed by atoms with Crippen molar-refractivity contribution in [1.29, 1.82) is 0 Å². The summed E-state index contributed by atoms with van der Waals surface area (Å²) >= 11 is 0. The standard InChI is InChI=1S/C24H25N3O2/c1-17(24(29)26-22-11-5-10-21-20(22)9-6-14-25-21)27-15-12-19(13-16-27)23(28)18-7-3-2-4-8-18/h2-11,14,17,19H,12-13,15-16H2,1H3,(H,26,29). The quantitative estimate of drug-likeness (QED) is 0.668. The van der Waals surface area contributed by atoms with E-state index in [4.69, 9.17) is 0 Å². The molecule has 1 aliphatic heterocycles. The Bertz CT molecular complexity index is 1010. The number of rotatable bonds is 5. The van der Waals surface area contributed by atoms with E-state index in [1.165, 1.54) is 0 Å². The van der Waals surface area contributed by atoms with Gasteiger partial charge < -0.3 is 5.32 Å². The third kappa shape index (κ3) is 4.20. The lowest BCUT2D eigenvalue weighted by atomic mass is 9.88. The van der Waals surface area contributed by atoms with Crippen LogP contribution in [0.15, 0.2) is 66.9 Å². The van der Waals surface area contributed by atoms with Gasteiger partial charge >= 0.3 is 0 Å². The second-order valence-electron chi connectivity index (χ2n) is 7.58. The van der Waals surface area contributed by atoms with Crippen LogP contribution in [0.5, 0.6) is 0 Å². The number of hydrogen-bond donors (Lipinski definition) is 1. The molecule has 1 atom stereocenters. The normalized spacial score (nSPS) is 16.4. The number of Topliss-reactive ketones (excluding diaryl/α,β-unsaturated/α-hetero) is 1. The Morgan fingerprint density at radius 1 is 1.00 bits per heavy atom. The third-order valence-electron chi connectivity index (χ3n) is 5.79. The van der Waals surface area contributed by atoms with Crippen LogP contribution in [0.3, 0.4) is 0 Å². The Kier molecular flexibility index (Phi) is 5.67. The van der Waals surface area contributed by atoms with E-state index in [9.17, 15) is 9.59 Å². The molecule has 1 fully saturated rings. The molecule has 1 N–H and O–H groups in total. The van der Waals surface area contributed by atoms with Gasteiger partial charge in [-0.15, -0.1) is 0 Å². The summed E-state index contributed by atoms with van der Waals surface area (Å²) in [5.41, 5.74) is 2.42. The van der Waals surface area contributed by atoms with Crippen LogP contribution in [0.25, 0.3) is 10.9 Å². The van der Waals surface area contributed by atoms with Gasteiger partial charge in [-0.05, 0) is 57.1 Å². The van der Waals surface area contributed by atoms with Crippen molar-refractivity contribution in [3.8, 4) is 0 Å². The lowest BCUT2D eigenvalue weighted by molar-refractivity contribution is -0.121. The Hall–Kier alpha value is -3.05.